The highest BCUT2D eigenvalue weighted by molar-refractivity contribution is 7.90. The largest absolute Gasteiger partial charge is 0.479 e. The van der Waals surface area contributed by atoms with Crippen molar-refractivity contribution in [1.29, 1.82) is 0 Å². The molecule has 3 aromatic heterocycles. The molecule has 11 nitrogen and oxygen atoms in total. The first-order valence-corrected chi connectivity index (χ1v) is 15.1. The molecule has 0 saturated carbocycles. The second kappa shape index (κ2) is 9.05. The highest BCUT2D eigenvalue weighted by Crippen LogP contribution is 2.52. The smallest absolute Gasteiger partial charge is 0.269 e. The molecule has 1 saturated heterocycles. The molecule has 1 atom stereocenters. The van der Waals surface area contributed by atoms with E-state index >= 15 is 0 Å². The number of ether oxygens (including phenoxy) is 4. The molecule has 8 rings (SSSR count). The van der Waals surface area contributed by atoms with Crippen molar-refractivity contribution in [2.45, 2.75) is 23.5 Å². The van der Waals surface area contributed by atoms with E-state index in [1.54, 1.807) is 54.5 Å². The lowest BCUT2D eigenvalue weighted by Crippen LogP contribution is -2.28. The first kappa shape index (κ1) is 25.3. The minimum atomic E-state index is -4.16. The molecule has 0 aliphatic carbocycles. The molecule has 214 valence electrons. The number of fused-ring (bicyclic) bond motifs is 5. The first-order chi connectivity index (χ1) is 20.4. The van der Waals surface area contributed by atoms with Gasteiger partial charge >= 0.3 is 0 Å². The summed E-state index contributed by atoms with van der Waals surface area (Å²) in [5, 5.41) is 8.65. The van der Waals surface area contributed by atoms with Crippen LogP contribution in [-0.2, 0) is 34.0 Å². The van der Waals surface area contributed by atoms with Gasteiger partial charge in [0.1, 0.15) is 5.60 Å². The van der Waals surface area contributed by atoms with Crippen LogP contribution >= 0.6 is 0 Å². The van der Waals surface area contributed by atoms with E-state index in [1.807, 2.05) is 18.2 Å². The average molecular weight is 586 g/mol. The molecule has 3 aliphatic rings. The summed E-state index contributed by atoms with van der Waals surface area (Å²) in [6.45, 7) is 1.91. The molecule has 6 heterocycles. The Kier molecular flexibility index (Phi) is 5.46. The fourth-order valence-electron chi connectivity index (χ4n) is 6.47. The van der Waals surface area contributed by atoms with Crippen molar-refractivity contribution in [2.24, 2.45) is 7.05 Å². The summed E-state index contributed by atoms with van der Waals surface area (Å²) < 4.78 is 55.8. The molecule has 5 aromatic rings. The standard InChI is InChI=1S/C30H27N5O6S/c1-34-14-21(29(33-34)38-2)27-24(18-8-9-22-23(12-18)40-17-39-22)25-26-19(15-41-30(26)10-11-31-16-30)13-32-28(25)35(27)42(36,37)20-6-4-3-5-7-20/h3-9,12-14,31H,10-11,15-17H2,1-2H3. The van der Waals surface area contributed by atoms with Crippen LogP contribution < -0.4 is 19.5 Å². The van der Waals surface area contributed by atoms with E-state index in [2.05, 4.69) is 10.4 Å². The second-order valence-corrected chi connectivity index (χ2v) is 12.5. The van der Waals surface area contributed by atoms with Crippen molar-refractivity contribution in [3.05, 3.63) is 72.1 Å². The quantitative estimate of drug-likeness (QED) is 0.329. The van der Waals surface area contributed by atoms with E-state index < -0.39 is 15.6 Å². The van der Waals surface area contributed by atoms with Gasteiger partial charge in [-0.15, -0.1) is 5.10 Å². The molecular formula is C30H27N5O6S. The number of aromatic nitrogens is 4. The third-order valence-electron chi connectivity index (χ3n) is 8.28. The maximum atomic E-state index is 14.7. The summed E-state index contributed by atoms with van der Waals surface area (Å²) in [5.41, 5.74) is 3.92. The minimum Gasteiger partial charge on any atom is -0.479 e. The Bertz CT molecular complexity index is 1990. The number of methoxy groups -OCH3 is 1. The van der Waals surface area contributed by atoms with Crippen molar-refractivity contribution in [3.8, 4) is 39.8 Å². The van der Waals surface area contributed by atoms with E-state index in [9.17, 15) is 8.42 Å². The molecule has 3 aliphatic heterocycles. The average Bonchev–Trinajstić information content (AvgIpc) is 3.83. The summed E-state index contributed by atoms with van der Waals surface area (Å²) in [6, 6.07) is 14.0. The van der Waals surface area contributed by atoms with Gasteiger partial charge in [-0.05, 0) is 42.8 Å². The normalized spacial score (nSPS) is 19.2. The van der Waals surface area contributed by atoms with E-state index in [0.717, 1.165) is 29.7 Å². The number of hydrogen-bond acceptors (Lipinski definition) is 9. The molecule has 1 fully saturated rings. The van der Waals surface area contributed by atoms with Gasteiger partial charge in [0.2, 0.25) is 12.7 Å². The number of nitrogens with zero attached hydrogens (tertiary/aromatic N) is 4. The Morgan fingerprint density at radius 3 is 2.71 bits per heavy atom. The summed E-state index contributed by atoms with van der Waals surface area (Å²) >= 11 is 0. The molecular weight excluding hydrogens is 558 g/mol. The van der Waals surface area contributed by atoms with Gasteiger partial charge < -0.3 is 24.3 Å². The highest BCUT2D eigenvalue weighted by Gasteiger charge is 2.46. The van der Waals surface area contributed by atoms with Gasteiger partial charge in [0.25, 0.3) is 10.0 Å². The van der Waals surface area contributed by atoms with Crippen molar-refractivity contribution in [3.63, 3.8) is 0 Å². The van der Waals surface area contributed by atoms with Crippen LogP contribution in [-0.4, -0.2) is 54.1 Å². The second-order valence-electron chi connectivity index (χ2n) is 10.7. The third-order valence-corrected chi connectivity index (χ3v) is 9.99. The van der Waals surface area contributed by atoms with Crippen molar-refractivity contribution in [2.75, 3.05) is 27.0 Å². The van der Waals surface area contributed by atoms with Gasteiger partial charge in [-0.3, -0.25) is 4.68 Å². The lowest BCUT2D eigenvalue weighted by molar-refractivity contribution is -0.0211. The highest BCUT2D eigenvalue weighted by atomic mass is 32.2. The van der Waals surface area contributed by atoms with Crippen molar-refractivity contribution < 1.29 is 27.4 Å². The number of nitrogens with one attached hydrogen (secondary N) is 1. The van der Waals surface area contributed by atoms with E-state index in [0.29, 0.717) is 52.5 Å². The molecule has 42 heavy (non-hydrogen) atoms. The summed E-state index contributed by atoms with van der Waals surface area (Å²) in [6.07, 6.45) is 4.27. The third kappa shape index (κ3) is 3.49. The van der Waals surface area contributed by atoms with Crippen LogP contribution in [0, 0.1) is 0 Å². The Morgan fingerprint density at radius 1 is 1.10 bits per heavy atom. The monoisotopic (exact) mass is 585 g/mol. The van der Waals surface area contributed by atoms with Crippen molar-refractivity contribution >= 4 is 21.1 Å². The minimum absolute atomic E-state index is 0.117. The van der Waals surface area contributed by atoms with Gasteiger partial charge in [-0.1, -0.05) is 24.3 Å². The first-order valence-electron chi connectivity index (χ1n) is 13.6. The van der Waals surface area contributed by atoms with E-state index in [4.69, 9.17) is 23.9 Å². The molecule has 2 aromatic carbocycles. The Labute approximate surface area is 241 Å². The van der Waals surface area contributed by atoms with Crippen LogP contribution in [0.15, 0.2) is 65.8 Å². The zero-order valence-electron chi connectivity index (χ0n) is 23.0. The van der Waals surface area contributed by atoms with Crippen LogP contribution in [0.5, 0.6) is 17.4 Å². The number of pyridine rings is 1. The number of hydrogen-bond donors (Lipinski definition) is 1. The van der Waals surface area contributed by atoms with Gasteiger partial charge in [0.15, 0.2) is 17.1 Å². The Balaban J connectivity index is 1.58. The lowest BCUT2D eigenvalue weighted by Gasteiger charge is -2.24. The van der Waals surface area contributed by atoms with Crippen LogP contribution in [0.25, 0.3) is 33.4 Å². The Morgan fingerprint density at radius 2 is 1.93 bits per heavy atom. The van der Waals surface area contributed by atoms with Crippen LogP contribution in [0.4, 0.5) is 0 Å². The predicted molar refractivity (Wildman–Crippen MR) is 153 cm³/mol. The molecule has 0 amide bonds. The van der Waals surface area contributed by atoms with Gasteiger partial charge in [-0.2, -0.15) is 0 Å². The van der Waals surface area contributed by atoms with Crippen LogP contribution in [0.2, 0.25) is 0 Å². The maximum Gasteiger partial charge on any atom is 0.269 e. The van der Waals surface area contributed by atoms with E-state index in [-0.39, 0.29) is 17.6 Å². The Hall–Kier alpha value is -4.39. The summed E-state index contributed by atoms with van der Waals surface area (Å²) in [7, 11) is -0.869. The molecule has 1 N–H and O–H groups in total. The lowest BCUT2D eigenvalue weighted by atomic mass is 9.87. The maximum absolute atomic E-state index is 14.7. The summed E-state index contributed by atoms with van der Waals surface area (Å²) in [5.74, 6) is 1.50. The van der Waals surface area contributed by atoms with Crippen LogP contribution in [0.1, 0.15) is 17.5 Å². The molecule has 0 bridgehead atoms. The summed E-state index contributed by atoms with van der Waals surface area (Å²) in [4.78, 5) is 4.96. The van der Waals surface area contributed by atoms with Crippen molar-refractivity contribution in [1.82, 2.24) is 24.1 Å². The number of benzene rings is 2. The molecule has 12 heteroatoms. The van der Waals surface area contributed by atoms with Crippen LogP contribution in [0.3, 0.4) is 0 Å². The topological polar surface area (TPSA) is 119 Å². The fraction of sp³-hybridized carbons (Fsp3) is 0.267. The molecule has 1 spiro atoms. The predicted octanol–water partition coefficient (Wildman–Crippen LogP) is 3.80. The molecule has 0 radical (unpaired) electrons. The van der Waals surface area contributed by atoms with E-state index in [1.165, 1.54) is 11.1 Å². The zero-order valence-corrected chi connectivity index (χ0v) is 23.8. The zero-order chi connectivity index (χ0) is 28.6. The van der Waals surface area contributed by atoms with Gasteiger partial charge in [0.05, 0.1) is 29.9 Å². The SMILES string of the molecule is COc1nn(C)cc1-c1c(-c2ccc3c(c2)OCO3)c2c3c(cnc2n1S(=O)(=O)c1ccccc1)COC31CCNC1. The molecule has 1 unspecified atom stereocenters. The van der Waals surface area contributed by atoms with Gasteiger partial charge in [-0.25, -0.2) is 17.4 Å². The number of rotatable bonds is 5. The number of aryl methyl sites for hydroxylation is 1. The van der Waals surface area contributed by atoms with Gasteiger partial charge in [0, 0.05) is 48.1 Å². The fourth-order valence-corrected chi connectivity index (χ4v) is 7.98.